The number of hydrogen-bond donors (Lipinski definition) is 2. The fraction of sp³-hybridized carbons (Fsp3) is 0.500. The van der Waals surface area contributed by atoms with Gasteiger partial charge in [0, 0.05) is 13.1 Å². The first-order valence-electron chi connectivity index (χ1n) is 12.9. The highest BCUT2D eigenvalue weighted by Gasteiger charge is 2.49. The molecule has 2 N–H and O–H groups in total. The minimum Gasteiger partial charge on any atom is -0.444 e. The van der Waals surface area contributed by atoms with Gasteiger partial charge in [0.05, 0.1) is 6.04 Å². The van der Waals surface area contributed by atoms with Gasteiger partial charge in [-0.2, -0.15) is 13.2 Å². The first kappa shape index (κ1) is 28.8. The van der Waals surface area contributed by atoms with Crippen molar-refractivity contribution in [2.24, 2.45) is 0 Å². The van der Waals surface area contributed by atoms with Crippen LogP contribution >= 0.6 is 0 Å². The van der Waals surface area contributed by atoms with Gasteiger partial charge in [0.2, 0.25) is 5.91 Å². The topological polar surface area (TPSA) is 70.7 Å². The molecule has 0 saturated carbocycles. The number of nitrogens with zero attached hydrogens (tertiary/aromatic N) is 1. The molecule has 0 radical (unpaired) electrons. The van der Waals surface area contributed by atoms with Crippen molar-refractivity contribution < 1.29 is 36.3 Å². The number of hydrogen-bond acceptors (Lipinski definition) is 4. The Morgan fingerprint density at radius 1 is 0.974 bits per heavy atom. The number of amides is 2. The van der Waals surface area contributed by atoms with Crippen molar-refractivity contribution in [3.8, 4) is 11.1 Å². The van der Waals surface area contributed by atoms with Crippen LogP contribution in [-0.2, 0) is 14.9 Å². The second-order valence-electron chi connectivity index (χ2n) is 11.1. The Kier molecular flexibility index (Phi) is 7.93. The number of carbonyl (C=O) groups excluding carboxylic acids is 2. The quantitative estimate of drug-likeness (QED) is 0.345. The number of carbonyl (C=O) groups is 2. The van der Waals surface area contributed by atoms with Crippen LogP contribution in [-0.4, -0.2) is 60.9 Å². The molecule has 1 heterocycles. The molecule has 0 bridgehead atoms. The molecule has 1 fully saturated rings. The molecule has 0 atom stereocenters. The molecule has 6 nitrogen and oxygen atoms in total. The number of fused-ring (bicyclic) bond motifs is 3. The van der Waals surface area contributed by atoms with Crippen LogP contribution in [0.3, 0.4) is 0 Å². The SMILES string of the molecule is CC(C)(C)OC(=O)NC1CN(CCCCC2(C(=O)NCC(F)(F)F)c3ccc(F)cc3-c3cc(F)ccc32)C1. The van der Waals surface area contributed by atoms with Crippen molar-refractivity contribution in [2.45, 2.75) is 63.3 Å². The first-order valence-corrected chi connectivity index (χ1v) is 12.9. The smallest absolute Gasteiger partial charge is 0.407 e. The van der Waals surface area contributed by atoms with Crippen molar-refractivity contribution in [3.63, 3.8) is 0 Å². The van der Waals surface area contributed by atoms with Crippen LogP contribution in [0.4, 0.5) is 26.7 Å². The molecule has 2 amide bonds. The predicted molar refractivity (Wildman–Crippen MR) is 135 cm³/mol. The van der Waals surface area contributed by atoms with Crippen LogP contribution in [0.25, 0.3) is 11.1 Å². The number of alkyl carbamates (subject to hydrolysis) is 1. The summed E-state index contributed by atoms with van der Waals surface area (Å²) in [4.78, 5) is 27.5. The third-order valence-corrected chi connectivity index (χ3v) is 6.96. The average Bonchev–Trinajstić information content (AvgIpc) is 3.05. The Bertz CT molecular complexity index is 1180. The molecule has 212 valence electrons. The minimum absolute atomic E-state index is 0.0438. The van der Waals surface area contributed by atoms with Gasteiger partial charge in [-0.15, -0.1) is 0 Å². The van der Waals surface area contributed by atoms with E-state index >= 15 is 0 Å². The third kappa shape index (κ3) is 6.51. The lowest BCUT2D eigenvalue weighted by atomic mass is 9.73. The van der Waals surface area contributed by atoms with E-state index in [1.54, 1.807) is 20.8 Å². The average molecular weight is 554 g/mol. The van der Waals surface area contributed by atoms with Gasteiger partial charge in [0.1, 0.15) is 29.2 Å². The maximum absolute atomic E-state index is 14.2. The lowest BCUT2D eigenvalue weighted by molar-refractivity contribution is -0.141. The molecule has 1 aliphatic carbocycles. The summed E-state index contributed by atoms with van der Waals surface area (Å²) in [5, 5.41) is 4.82. The Morgan fingerprint density at radius 3 is 2.05 bits per heavy atom. The summed E-state index contributed by atoms with van der Waals surface area (Å²) < 4.78 is 72.6. The van der Waals surface area contributed by atoms with Gasteiger partial charge in [-0.1, -0.05) is 18.6 Å². The number of nitrogens with one attached hydrogen (secondary N) is 2. The fourth-order valence-electron chi connectivity index (χ4n) is 5.37. The van der Waals surface area contributed by atoms with Crippen molar-refractivity contribution in [1.82, 2.24) is 15.5 Å². The van der Waals surface area contributed by atoms with E-state index < -0.39 is 47.4 Å². The number of rotatable bonds is 8. The molecule has 2 aromatic carbocycles. The van der Waals surface area contributed by atoms with Gasteiger partial charge in [0.15, 0.2) is 0 Å². The summed E-state index contributed by atoms with van der Waals surface area (Å²) in [6.07, 6.45) is -3.85. The second-order valence-corrected chi connectivity index (χ2v) is 11.1. The van der Waals surface area contributed by atoms with Crippen LogP contribution in [0.5, 0.6) is 0 Å². The minimum atomic E-state index is -4.62. The first-order chi connectivity index (χ1) is 18.2. The molecular formula is C28H32F5N3O3. The Hall–Kier alpha value is -3.21. The molecule has 0 spiro atoms. The molecule has 39 heavy (non-hydrogen) atoms. The Morgan fingerprint density at radius 2 is 1.54 bits per heavy atom. The summed E-state index contributed by atoms with van der Waals surface area (Å²) in [6.45, 7) is 5.74. The Labute approximate surface area is 223 Å². The molecule has 2 aromatic rings. The number of likely N-dealkylation sites (tertiary alicyclic amines) is 1. The van der Waals surface area contributed by atoms with Gasteiger partial charge < -0.3 is 15.4 Å². The molecule has 0 unspecified atom stereocenters. The zero-order valence-corrected chi connectivity index (χ0v) is 22.1. The Balaban J connectivity index is 1.46. The van der Waals surface area contributed by atoms with Crippen LogP contribution in [0, 0.1) is 11.6 Å². The van der Waals surface area contributed by atoms with Crippen molar-refractivity contribution in [1.29, 1.82) is 0 Å². The maximum Gasteiger partial charge on any atom is 0.407 e. The van der Waals surface area contributed by atoms with Crippen LogP contribution in [0.15, 0.2) is 36.4 Å². The van der Waals surface area contributed by atoms with E-state index in [4.69, 9.17) is 4.74 Å². The number of ether oxygens (including phenoxy) is 1. The molecule has 0 aromatic heterocycles. The highest BCUT2D eigenvalue weighted by atomic mass is 19.4. The van der Waals surface area contributed by atoms with Crippen LogP contribution < -0.4 is 10.6 Å². The monoisotopic (exact) mass is 553 g/mol. The van der Waals surface area contributed by atoms with Crippen molar-refractivity contribution in [3.05, 3.63) is 59.2 Å². The fourth-order valence-corrected chi connectivity index (χ4v) is 5.37. The van der Waals surface area contributed by atoms with Gasteiger partial charge in [0.25, 0.3) is 0 Å². The van der Waals surface area contributed by atoms with Crippen LogP contribution in [0.1, 0.15) is 51.2 Å². The molecule has 11 heteroatoms. The van der Waals surface area contributed by atoms with Crippen molar-refractivity contribution in [2.75, 3.05) is 26.2 Å². The van der Waals surface area contributed by atoms with E-state index in [0.717, 1.165) is 12.1 Å². The summed E-state index contributed by atoms with van der Waals surface area (Å²) in [6, 6.07) is 7.44. The number of alkyl halides is 3. The van der Waals surface area contributed by atoms with Gasteiger partial charge >= 0.3 is 12.3 Å². The van der Waals surface area contributed by atoms with E-state index in [2.05, 4.69) is 10.2 Å². The number of halogens is 5. The predicted octanol–water partition coefficient (Wildman–Crippen LogP) is 5.29. The van der Waals surface area contributed by atoms with E-state index in [9.17, 15) is 31.5 Å². The lowest BCUT2D eigenvalue weighted by Crippen LogP contribution is -2.59. The highest BCUT2D eigenvalue weighted by molar-refractivity contribution is 6.00. The number of benzene rings is 2. The van der Waals surface area contributed by atoms with Gasteiger partial charge in [-0.3, -0.25) is 9.69 Å². The van der Waals surface area contributed by atoms with E-state index in [1.165, 1.54) is 24.3 Å². The molecule has 1 saturated heterocycles. The molecule has 1 aliphatic heterocycles. The third-order valence-electron chi connectivity index (χ3n) is 6.96. The van der Waals surface area contributed by atoms with Crippen molar-refractivity contribution >= 4 is 12.0 Å². The molecule has 4 rings (SSSR count). The van der Waals surface area contributed by atoms with Gasteiger partial charge in [-0.05, 0) is 86.7 Å². The zero-order valence-electron chi connectivity index (χ0n) is 22.1. The highest BCUT2D eigenvalue weighted by Crippen LogP contribution is 2.52. The van der Waals surface area contributed by atoms with E-state index in [1.807, 2.05) is 5.32 Å². The van der Waals surface area contributed by atoms with Crippen LogP contribution in [0.2, 0.25) is 0 Å². The van der Waals surface area contributed by atoms with E-state index in [0.29, 0.717) is 54.7 Å². The number of unbranched alkanes of at least 4 members (excludes halogenated alkanes) is 1. The summed E-state index contributed by atoms with van der Waals surface area (Å²) in [5.41, 5.74) is -0.807. The van der Waals surface area contributed by atoms with Gasteiger partial charge in [-0.25, -0.2) is 13.6 Å². The largest absolute Gasteiger partial charge is 0.444 e. The van der Waals surface area contributed by atoms with E-state index in [-0.39, 0.29) is 12.5 Å². The standard InChI is InChI=1S/C28H32F5N3O3/c1-26(2,3)39-25(38)35-19-14-36(15-19)11-5-4-10-27(24(37)34-16-28(31,32)33)22-8-6-17(29)12-20(22)21-13-18(30)7-9-23(21)27/h6-9,12-13,19H,4-5,10-11,14-16H2,1-3H3,(H,34,37)(H,35,38). The normalized spacial score (nSPS) is 16.7. The zero-order chi connectivity index (χ0) is 28.6. The lowest BCUT2D eigenvalue weighted by Gasteiger charge is -2.40. The summed E-state index contributed by atoms with van der Waals surface area (Å²) in [5.74, 6) is -2.05. The summed E-state index contributed by atoms with van der Waals surface area (Å²) in [7, 11) is 0. The molecular weight excluding hydrogens is 521 g/mol. The summed E-state index contributed by atoms with van der Waals surface area (Å²) >= 11 is 0. The maximum atomic E-state index is 14.2. The second kappa shape index (κ2) is 10.7. The molecule has 2 aliphatic rings.